The first-order valence-electron chi connectivity index (χ1n) is 7.59. The third kappa shape index (κ3) is 4.56. The number of carbonyl (C=O) groups excluding carboxylic acids is 1. The average Bonchev–Trinajstić information content (AvgIpc) is 2.55. The van der Waals surface area contributed by atoms with Gasteiger partial charge >= 0.3 is 18.2 Å². The zero-order valence-corrected chi connectivity index (χ0v) is 14.2. The summed E-state index contributed by atoms with van der Waals surface area (Å²) in [5, 5.41) is 8.78. The van der Waals surface area contributed by atoms with Crippen molar-refractivity contribution < 1.29 is 32.6 Å². The second-order valence-corrected chi connectivity index (χ2v) is 6.30. The van der Waals surface area contributed by atoms with Crippen LogP contribution in [0.15, 0.2) is 12.1 Å². The van der Waals surface area contributed by atoms with Crippen molar-refractivity contribution in [3.63, 3.8) is 0 Å². The summed E-state index contributed by atoms with van der Waals surface area (Å²) in [4.78, 5) is 23.7. The molecule has 9 heteroatoms. The Hall–Kier alpha value is -1.96. The maximum absolute atomic E-state index is 13.4. The molecule has 0 radical (unpaired) electrons. The standard InChI is InChI=1S/C16H17ClF3NO4/c1-25-14(22)10-7-12(16(18,19)20)11(13(17)8-10)6-9-2-4-21(5-3-9)15(23)24/h7-9H,2-6H2,1H3,(H,23,24). The van der Waals surface area contributed by atoms with Crippen LogP contribution < -0.4 is 0 Å². The monoisotopic (exact) mass is 379 g/mol. The van der Waals surface area contributed by atoms with Crippen molar-refractivity contribution in [1.29, 1.82) is 0 Å². The topological polar surface area (TPSA) is 66.8 Å². The number of carboxylic acid groups (broad SMARTS) is 1. The molecule has 0 saturated carbocycles. The minimum atomic E-state index is -4.66. The van der Waals surface area contributed by atoms with Gasteiger partial charge in [0, 0.05) is 18.1 Å². The SMILES string of the molecule is COC(=O)c1cc(Cl)c(CC2CCN(C(=O)O)CC2)c(C(F)(F)F)c1. The molecule has 2 rings (SSSR count). The number of benzene rings is 1. The van der Waals surface area contributed by atoms with Crippen molar-refractivity contribution in [2.75, 3.05) is 20.2 Å². The predicted octanol–water partition coefficient (Wildman–Crippen LogP) is 4.08. The zero-order valence-electron chi connectivity index (χ0n) is 13.4. The lowest BCUT2D eigenvalue weighted by Gasteiger charge is -2.30. The minimum Gasteiger partial charge on any atom is -0.465 e. The van der Waals surface area contributed by atoms with Gasteiger partial charge in [-0.25, -0.2) is 9.59 Å². The smallest absolute Gasteiger partial charge is 0.416 e. The van der Waals surface area contributed by atoms with Crippen molar-refractivity contribution >= 4 is 23.7 Å². The van der Waals surface area contributed by atoms with E-state index >= 15 is 0 Å². The van der Waals surface area contributed by atoms with Gasteiger partial charge < -0.3 is 14.7 Å². The molecule has 0 spiro atoms. The highest BCUT2D eigenvalue weighted by Crippen LogP contribution is 2.38. The number of alkyl halides is 3. The number of methoxy groups -OCH3 is 1. The van der Waals surface area contributed by atoms with Gasteiger partial charge in [-0.15, -0.1) is 0 Å². The number of amides is 1. The second-order valence-electron chi connectivity index (χ2n) is 5.89. The molecule has 1 amide bonds. The van der Waals surface area contributed by atoms with Gasteiger partial charge in [-0.2, -0.15) is 13.2 Å². The van der Waals surface area contributed by atoms with Crippen molar-refractivity contribution in [3.05, 3.63) is 33.8 Å². The molecule has 5 nitrogen and oxygen atoms in total. The fraction of sp³-hybridized carbons (Fsp3) is 0.500. The van der Waals surface area contributed by atoms with Crippen molar-refractivity contribution in [2.45, 2.75) is 25.4 Å². The van der Waals surface area contributed by atoms with Gasteiger partial charge in [0.15, 0.2) is 0 Å². The fourth-order valence-corrected chi connectivity index (χ4v) is 3.25. The third-order valence-electron chi connectivity index (χ3n) is 4.30. The lowest BCUT2D eigenvalue weighted by Crippen LogP contribution is -2.38. The summed E-state index contributed by atoms with van der Waals surface area (Å²) in [5.41, 5.74) is -1.29. The Kier molecular flexibility index (Phi) is 5.82. The second kappa shape index (κ2) is 7.51. The van der Waals surface area contributed by atoms with Crippen LogP contribution >= 0.6 is 11.6 Å². The van der Waals surface area contributed by atoms with Crippen LogP contribution in [-0.2, 0) is 17.3 Å². The number of likely N-dealkylation sites (tertiary alicyclic amines) is 1. The van der Waals surface area contributed by atoms with Gasteiger partial charge in [0.05, 0.1) is 18.2 Å². The average molecular weight is 380 g/mol. The molecule has 0 aliphatic carbocycles. The van der Waals surface area contributed by atoms with Crippen LogP contribution in [0, 0.1) is 5.92 Å². The highest BCUT2D eigenvalue weighted by atomic mass is 35.5. The maximum Gasteiger partial charge on any atom is 0.416 e. The normalized spacial score (nSPS) is 16.0. The van der Waals surface area contributed by atoms with Gasteiger partial charge in [0.25, 0.3) is 0 Å². The summed E-state index contributed by atoms with van der Waals surface area (Å²) in [6.07, 6.45) is -4.71. The number of hydrogen-bond acceptors (Lipinski definition) is 3. The number of esters is 1. The molecule has 0 unspecified atom stereocenters. The van der Waals surface area contributed by atoms with E-state index in [2.05, 4.69) is 4.74 Å². The third-order valence-corrected chi connectivity index (χ3v) is 4.64. The lowest BCUT2D eigenvalue weighted by atomic mass is 9.87. The zero-order chi connectivity index (χ0) is 18.8. The van der Waals surface area contributed by atoms with Crippen LogP contribution in [-0.4, -0.2) is 42.3 Å². The van der Waals surface area contributed by atoms with Crippen LogP contribution in [0.4, 0.5) is 18.0 Å². The quantitative estimate of drug-likeness (QED) is 0.804. The Morgan fingerprint density at radius 1 is 1.32 bits per heavy atom. The summed E-state index contributed by atoms with van der Waals surface area (Å²) < 4.78 is 44.7. The molecular weight excluding hydrogens is 363 g/mol. The van der Waals surface area contributed by atoms with E-state index in [1.165, 1.54) is 11.0 Å². The molecule has 1 aliphatic rings. The van der Waals surface area contributed by atoms with E-state index in [-0.39, 0.29) is 41.6 Å². The van der Waals surface area contributed by atoms with Crippen molar-refractivity contribution in [1.82, 2.24) is 4.90 Å². The van der Waals surface area contributed by atoms with E-state index in [0.717, 1.165) is 13.2 Å². The first-order chi connectivity index (χ1) is 11.6. The summed E-state index contributed by atoms with van der Waals surface area (Å²) >= 11 is 6.03. The molecule has 1 saturated heterocycles. The summed E-state index contributed by atoms with van der Waals surface area (Å²) in [5.74, 6) is -1.01. The Morgan fingerprint density at radius 3 is 2.40 bits per heavy atom. The molecule has 1 aromatic carbocycles. The van der Waals surface area contributed by atoms with Gasteiger partial charge in [-0.3, -0.25) is 0 Å². The molecule has 25 heavy (non-hydrogen) atoms. The summed E-state index contributed by atoms with van der Waals surface area (Å²) in [6.45, 7) is 0.554. The first kappa shape index (κ1) is 19.4. The van der Waals surface area contributed by atoms with Gasteiger partial charge in [0.1, 0.15) is 0 Å². The number of nitrogens with zero attached hydrogens (tertiary/aromatic N) is 1. The molecule has 1 aromatic rings. The highest BCUT2D eigenvalue weighted by Gasteiger charge is 2.36. The van der Waals surface area contributed by atoms with E-state index in [1.54, 1.807) is 0 Å². The molecule has 0 atom stereocenters. The molecule has 1 fully saturated rings. The Bertz CT molecular complexity index is 670. The molecule has 138 valence electrons. The van der Waals surface area contributed by atoms with Gasteiger partial charge in [-0.05, 0) is 42.9 Å². The molecule has 1 heterocycles. The number of rotatable bonds is 3. The maximum atomic E-state index is 13.4. The van der Waals surface area contributed by atoms with Gasteiger partial charge in [0.2, 0.25) is 0 Å². The molecule has 0 bridgehead atoms. The van der Waals surface area contributed by atoms with Crippen LogP contribution in [0.1, 0.15) is 34.3 Å². The Morgan fingerprint density at radius 2 is 1.92 bits per heavy atom. The van der Waals surface area contributed by atoms with Crippen LogP contribution in [0.25, 0.3) is 0 Å². The number of piperidine rings is 1. The van der Waals surface area contributed by atoms with Crippen molar-refractivity contribution in [2.24, 2.45) is 5.92 Å². The molecule has 0 aromatic heterocycles. The Labute approximate surface area is 147 Å². The van der Waals surface area contributed by atoms with E-state index in [9.17, 15) is 22.8 Å². The predicted molar refractivity (Wildman–Crippen MR) is 83.8 cm³/mol. The molecular formula is C16H17ClF3NO4. The highest BCUT2D eigenvalue weighted by molar-refractivity contribution is 6.31. The van der Waals surface area contributed by atoms with E-state index < -0.39 is 23.8 Å². The summed E-state index contributed by atoms with van der Waals surface area (Å²) in [7, 11) is 1.08. The molecule has 1 N–H and O–H groups in total. The minimum absolute atomic E-state index is 0.0720. The summed E-state index contributed by atoms with van der Waals surface area (Å²) in [6, 6.07) is 1.92. The van der Waals surface area contributed by atoms with Crippen molar-refractivity contribution in [3.8, 4) is 0 Å². The number of halogens is 4. The largest absolute Gasteiger partial charge is 0.465 e. The van der Waals surface area contributed by atoms with Crippen LogP contribution in [0.3, 0.4) is 0 Å². The number of hydrogen-bond donors (Lipinski definition) is 1. The first-order valence-corrected chi connectivity index (χ1v) is 7.97. The van der Waals surface area contributed by atoms with Gasteiger partial charge in [-0.1, -0.05) is 11.6 Å². The Balaban J connectivity index is 2.28. The lowest BCUT2D eigenvalue weighted by molar-refractivity contribution is -0.138. The van der Waals surface area contributed by atoms with E-state index in [1.807, 2.05) is 0 Å². The van der Waals surface area contributed by atoms with E-state index in [4.69, 9.17) is 16.7 Å². The van der Waals surface area contributed by atoms with E-state index in [0.29, 0.717) is 12.8 Å². The number of carbonyl (C=O) groups is 2. The van der Waals surface area contributed by atoms with Crippen LogP contribution in [0.5, 0.6) is 0 Å². The number of ether oxygens (including phenoxy) is 1. The fourth-order valence-electron chi connectivity index (χ4n) is 2.95. The van der Waals surface area contributed by atoms with Crippen LogP contribution in [0.2, 0.25) is 5.02 Å². The molecule has 1 aliphatic heterocycles.